The summed E-state index contributed by atoms with van der Waals surface area (Å²) in [7, 11) is 0. The zero-order valence-electron chi connectivity index (χ0n) is 21.4. The van der Waals surface area contributed by atoms with Crippen LogP contribution in [0.4, 0.5) is 0 Å². The molecule has 0 atom stereocenters. The Labute approximate surface area is 236 Å². The van der Waals surface area contributed by atoms with Crippen LogP contribution in [0.15, 0.2) is 95.7 Å². The molecule has 0 spiro atoms. The van der Waals surface area contributed by atoms with Crippen molar-refractivity contribution in [2.75, 3.05) is 13.1 Å². The van der Waals surface area contributed by atoms with E-state index in [1.54, 1.807) is 24.2 Å². The lowest BCUT2D eigenvalue weighted by atomic mass is 9.90. The normalized spacial score (nSPS) is 14.0. The SMILES string of the molecule is O=C(c1csc(CSc2nnc(-c3ccncc3)n2-c2ccccc2)n1)N1CCC(Cc2ccccc2)CC1. The number of aromatic nitrogens is 5. The lowest BCUT2D eigenvalue weighted by Crippen LogP contribution is -2.39. The highest BCUT2D eigenvalue weighted by atomic mass is 32.2. The van der Waals surface area contributed by atoms with Gasteiger partial charge in [-0.25, -0.2) is 4.98 Å². The van der Waals surface area contributed by atoms with Gasteiger partial charge in [-0.3, -0.25) is 14.3 Å². The highest BCUT2D eigenvalue weighted by Gasteiger charge is 2.25. The average Bonchev–Trinajstić information content (AvgIpc) is 3.65. The molecule has 0 saturated carbocycles. The van der Waals surface area contributed by atoms with Gasteiger partial charge < -0.3 is 4.90 Å². The van der Waals surface area contributed by atoms with Crippen molar-refractivity contribution in [3.63, 3.8) is 0 Å². The summed E-state index contributed by atoms with van der Waals surface area (Å²) in [4.78, 5) is 24.0. The second-order valence-electron chi connectivity index (χ2n) is 9.55. The Morgan fingerprint density at radius 1 is 0.923 bits per heavy atom. The molecule has 1 fully saturated rings. The molecule has 0 radical (unpaired) electrons. The summed E-state index contributed by atoms with van der Waals surface area (Å²) in [5.74, 6) is 2.03. The number of para-hydroxylation sites is 1. The van der Waals surface area contributed by atoms with Crippen LogP contribution in [0.3, 0.4) is 0 Å². The fourth-order valence-corrected chi connectivity index (χ4v) is 6.65. The van der Waals surface area contributed by atoms with Crippen molar-refractivity contribution in [2.45, 2.75) is 30.2 Å². The number of amides is 1. The number of hydrogen-bond donors (Lipinski definition) is 0. The molecule has 0 aliphatic carbocycles. The molecule has 3 aromatic heterocycles. The molecule has 4 heterocycles. The Morgan fingerprint density at radius 2 is 1.64 bits per heavy atom. The van der Waals surface area contributed by atoms with Gasteiger partial charge in [0.25, 0.3) is 5.91 Å². The Hall–Kier alpha value is -3.82. The maximum Gasteiger partial charge on any atom is 0.273 e. The molecule has 0 N–H and O–H groups in total. The summed E-state index contributed by atoms with van der Waals surface area (Å²) in [5, 5.41) is 12.5. The van der Waals surface area contributed by atoms with Crippen LogP contribution >= 0.6 is 23.1 Å². The minimum atomic E-state index is 0.0353. The summed E-state index contributed by atoms with van der Waals surface area (Å²) in [6.07, 6.45) is 6.65. The quantitative estimate of drug-likeness (QED) is 0.214. The van der Waals surface area contributed by atoms with E-state index >= 15 is 0 Å². The minimum Gasteiger partial charge on any atom is -0.337 e. The van der Waals surface area contributed by atoms with Crippen LogP contribution < -0.4 is 0 Å². The first-order chi connectivity index (χ1) is 19.2. The van der Waals surface area contributed by atoms with Crippen molar-refractivity contribution >= 4 is 29.0 Å². The first-order valence-corrected chi connectivity index (χ1v) is 14.9. The third-order valence-electron chi connectivity index (χ3n) is 6.95. The number of hydrogen-bond acceptors (Lipinski definition) is 7. The van der Waals surface area contributed by atoms with Crippen molar-refractivity contribution in [3.8, 4) is 17.1 Å². The fourth-order valence-electron chi connectivity index (χ4n) is 4.91. The van der Waals surface area contributed by atoms with E-state index in [1.165, 1.54) is 16.9 Å². The van der Waals surface area contributed by atoms with Crippen LogP contribution in [0.1, 0.15) is 33.9 Å². The van der Waals surface area contributed by atoms with Crippen LogP contribution in [-0.2, 0) is 12.2 Å². The van der Waals surface area contributed by atoms with Crippen LogP contribution in [0.25, 0.3) is 17.1 Å². The Balaban J connectivity index is 1.10. The summed E-state index contributed by atoms with van der Waals surface area (Å²) < 4.78 is 2.05. The number of carbonyl (C=O) groups is 1. The summed E-state index contributed by atoms with van der Waals surface area (Å²) in [6.45, 7) is 1.58. The molecular formula is C30H28N6OS2. The number of carbonyl (C=O) groups excluding carboxylic acids is 1. The molecule has 1 amide bonds. The molecule has 0 bridgehead atoms. The molecule has 6 rings (SSSR count). The maximum atomic E-state index is 13.2. The largest absolute Gasteiger partial charge is 0.337 e. The van der Waals surface area contributed by atoms with Gasteiger partial charge in [0.05, 0.1) is 5.75 Å². The van der Waals surface area contributed by atoms with Gasteiger partial charge in [-0.2, -0.15) is 0 Å². The van der Waals surface area contributed by atoms with E-state index in [0.717, 1.165) is 59.6 Å². The summed E-state index contributed by atoms with van der Waals surface area (Å²) >= 11 is 3.09. The maximum absolute atomic E-state index is 13.2. The smallest absolute Gasteiger partial charge is 0.273 e. The molecule has 196 valence electrons. The van der Waals surface area contributed by atoms with Crippen molar-refractivity contribution in [1.82, 2.24) is 29.6 Å². The first-order valence-electron chi connectivity index (χ1n) is 13.1. The molecule has 1 saturated heterocycles. The molecule has 9 heteroatoms. The highest BCUT2D eigenvalue weighted by molar-refractivity contribution is 7.98. The first kappa shape index (κ1) is 25.5. The lowest BCUT2D eigenvalue weighted by Gasteiger charge is -2.31. The van der Waals surface area contributed by atoms with Crippen molar-refractivity contribution in [1.29, 1.82) is 0 Å². The molecule has 39 heavy (non-hydrogen) atoms. The zero-order valence-corrected chi connectivity index (χ0v) is 23.0. The Kier molecular flexibility index (Phi) is 7.78. The van der Waals surface area contributed by atoms with Gasteiger partial charge in [-0.15, -0.1) is 21.5 Å². The van der Waals surface area contributed by atoms with Gasteiger partial charge in [0, 0.05) is 42.1 Å². The van der Waals surface area contributed by atoms with Crippen LogP contribution in [0, 0.1) is 5.92 Å². The molecule has 1 aliphatic heterocycles. The van der Waals surface area contributed by atoms with Crippen molar-refractivity contribution < 1.29 is 4.79 Å². The third kappa shape index (κ3) is 5.94. The molecule has 0 unspecified atom stereocenters. The number of thioether (sulfide) groups is 1. The minimum absolute atomic E-state index is 0.0353. The van der Waals surface area contributed by atoms with E-state index in [0.29, 0.717) is 17.4 Å². The van der Waals surface area contributed by atoms with Gasteiger partial charge in [0.15, 0.2) is 11.0 Å². The number of thiazole rings is 1. The highest BCUT2D eigenvalue weighted by Crippen LogP contribution is 2.30. The number of pyridine rings is 1. The zero-order chi connectivity index (χ0) is 26.4. The second-order valence-corrected chi connectivity index (χ2v) is 11.4. The lowest BCUT2D eigenvalue weighted by molar-refractivity contribution is 0.0685. The van der Waals surface area contributed by atoms with E-state index in [4.69, 9.17) is 4.98 Å². The standard InChI is InChI=1S/C30H28N6OS2/c37-29(35-17-13-23(14-18-35)19-22-7-3-1-4-8-22)26-20-38-27(32-26)21-39-30-34-33-28(24-11-15-31-16-12-24)36(30)25-9-5-2-6-10-25/h1-12,15-16,20,23H,13-14,17-19,21H2. The predicted molar refractivity (Wildman–Crippen MR) is 155 cm³/mol. The Morgan fingerprint density at radius 3 is 2.38 bits per heavy atom. The average molecular weight is 553 g/mol. The van der Waals surface area contributed by atoms with Gasteiger partial charge in [0.1, 0.15) is 10.7 Å². The van der Waals surface area contributed by atoms with Crippen LogP contribution in [-0.4, -0.2) is 48.6 Å². The monoisotopic (exact) mass is 552 g/mol. The predicted octanol–water partition coefficient (Wildman–Crippen LogP) is 6.17. The number of likely N-dealkylation sites (tertiary alicyclic amines) is 1. The van der Waals surface area contributed by atoms with E-state index in [9.17, 15) is 4.79 Å². The topological polar surface area (TPSA) is 76.8 Å². The molecule has 7 nitrogen and oxygen atoms in total. The summed E-state index contributed by atoms with van der Waals surface area (Å²) in [6, 6.07) is 24.6. The van der Waals surface area contributed by atoms with E-state index in [-0.39, 0.29) is 5.91 Å². The molecule has 5 aromatic rings. The van der Waals surface area contributed by atoms with Crippen molar-refractivity contribution in [2.24, 2.45) is 5.92 Å². The van der Waals surface area contributed by atoms with Crippen molar-refractivity contribution in [3.05, 3.63) is 107 Å². The summed E-state index contributed by atoms with van der Waals surface area (Å²) in [5.41, 5.74) is 3.85. The van der Waals surface area contributed by atoms with Crippen LogP contribution in [0.2, 0.25) is 0 Å². The number of rotatable bonds is 8. The molecule has 2 aromatic carbocycles. The van der Waals surface area contributed by atoms with E-state index in [2.05, 4.69) is 50.1 Å². The molecule has 1 aliphatic rings. The van der Waals surface area contributed by atoms with E-state index in [1.807, 2.05) is 52.7 Å². The second kappa shape index (κ2) is 11.9. The third-order valence-corrected chi connectivity index (χ3v) is 8.92. The molecular weight excluding hydrogens is 525 g/mol. The van der Waals surface area contributed by atoms with E-state index < -0.39 is 0 Å². The van der Waals surface area contributed by atoms with Crippen LogP contribution in [0.5, 0.6) is 0 Å². The number of piperidine rings is 1. The Bertz CT molecular complexity index is 1510. The number of benzene rings is 2. The number of nitrogens with zero attached hydrogens (tertiary/aromatic N) is 6. The van der Waals surface area contributed by atoms with Gasteiger partial charge >= 0.3 is 0 Å². The van der Waals surface area contributed by atoms with Gasteiger partial charge in [-0.1, -0.05) is 60.3 Å². The van der Waals surface area contributed by atoms with Gasteiger partial charge in [0.2, 0.25) is 0 Å². The fraction of sp³-hybridized carbons (Fsp3) is 0.233. The van der Waals surface area contributed by atoms with Gasteiger partial charge in [-0.05, 0) is 55.0 Å².